The second-order valence-corrected chi connectivity index (χ2v) is 8.83. The SMILES string of the molecule is CCOC(=O)C1CCN(c2nc3c(c(=O)[nH]2)C(C(=O)Nc2ccc(C)c(Cl)c2)CC(=O)N3)CC1. The average molecular weight is 488 g/mol. The summed E-state index contributed by atoms with van der Waals surface area (Å²) in [4.78, 5) is 59.4. The molecule has 1 atom stereocenters. The molecule has 0 bridgehead atoms. The van der Waals surface area contributed by atoms with Gasteiger partial charge in [0.2, 0.25) is 17.8 Å². The number of nitrogens with zero attached hydrogens (tertiary/aromatic N) is 2. The van der Waals surface area contributed by atoms with Crippen molar-refractivity contribution >= 4 is 46.8 Å². The quantitative estimate of drug-likeness (QED) is 0.552. The molecule has 180 valence electrons. The molecule has 0 aliphatic carbocycles. The van der Waals surface area contributed by atoms with E-state index in [-0.39, 0.29) is 35.6 Å². The zero-order valence-electron chi connectivity index (χ0n) is 18.9. The zero-order chi connectivity index (χ0) is 24.4. The van der Waals surface area contributed by atoms with Crippen molar-refractivity contribution in [3.8, 4) is 0 Å². The molecule has 2 aromatic rings. The number of aryl methyl sites for hydroxylation is 1. The smallest absolute Gasteiger partial charge is 0.309 e. The Balaban J connectivity index is 1.54. The van der Waals surface area contributed by atoms with Crippen LogP contribution in [0.1, 0.15) is 43.2 Å². The third-order valence-corrected chi connectivity index (χ3v) is 6.52. The Bertz CT molecular complexity index is 1190. The highest BCUT2D eigenvalue weighted by Crippen LogP contribution is 2.31. The van der Waals surface area contributed by atoms with Crippen LogP contribution in [0.4, 0.5) is 17.5 Å². The number of halogens is 1. The molecule has 2 aliphatic rings. The van der Waals surface area contributed by atoms with Gasteiger partial charge >= 0.3 is 5.97 Å². The number of aromatic amines is 1. The summed E-state index contributed by atoms with van der Waals surface area (Å²) < 4.78 is 5.09. The van der Waals surface area contributed by atoms with Crippen molar-refractivity contribution in [2.24, 2.45) is 5.92 Å². The summed E-state index contributed by atoms with van der Waals surface area (Å²) in [7, 11) is 0. The van der Waals surface area contributed by atoms with E-state index in [1.165, 1.54) is 0 Å². The topological polar surface area (TPSA) is 133 Å². The Kier molecular flexibility index (Phi) is 6.87. The number of benzene rings is 1. The highest BCUT2D eigenvalue weighted by Gasteiger charge is 2.36. The molecule has 34 heavy (non-hydrogen) atoms. The number of anilines is 3. The third kappa shape index (κ3) is 4.91. The maximum absolute atomic E-state index is 13.0. The van der Waals surface area contributed by atoms with E-state index in [0.29, 0.717) is 43.2 Å². The van der Waals surface area contributed by atoms with E-state index in [0.717, 1.165) is 5.56 Å². The molecule has 11 heteroatoms. The van der Waals surface area contributed by atoms with E-state index >= 15 is 0 Å². The average Bonchev–Trinajstić information content (AvgIpc) is 2.80. The number of rotatable bonds is 5. The predicted molar refractivity (Wildman–Crippen MR) is 127 cm³/mol. The van der Waals surface area contributed by atoms with Crippen molar-refractivity contribution in [1.29, 1.82) is 0 Å². The van der Waals surface area contributed by atoms with Gasteiger partial charge < -0.3 is 20.3 Å². The molecule has 1 aromatic carbocycles. The largest absolute Gasteiger partial charge is 0.466 e. The molecule has 1 fully saturated rings. The van der Waals surface area contributed by atoms with E-state index in [4.69, 9.17) is 16.3 Å². The highest BCUT2D eigenvalue weighted by atomic mass is 35.5. The van der Waals surface area contributed by atoms with Crippen LogP contribution in [0, 0.1) is 12.8 Å². The number of hydrogen-bond donors (Lipinski definition) is 3. The van der Waals surface area contributed by atoms with Gasteiger partial charge in [-0.15, -0.1) is 0 Å². The fourth-order valence-electron chi connectivity index (χ4n) is 4.22. The molecule has 10 nitrogen and oxygen atoms in total. The molecule has 0 radical (unpaired) electrons. The summed E-state index contributed by atoms with van der Waals surface area (Å²) in [5, 5.41) is 5.85. The zero-order valence-corrected chi connectivity index (χ0v) is 19.7. The summed E-state index contributed by atoms with van der Waals surface area (Å²) in [6.07, 6.45) is 0.958. The Morgan fingerprint density at radius 1 is 1.26 bits per heavy atom. The number of H-pyrrole nitrogens is 1. The number of amides is 2. The Morgan fingerprint density at radius 2 is 2.00 bits per heavy atom. The maximum atomic E-state index is 13.0. The fourth-order valence-corrected chi connectivity index (χ4v) is 4.40. The number of aromatic nitrogens is 2. The monoisotopic (exact) mass is 487 g/mol. The van der Waals surface area contributed by atoms with Gasteiger partial charge in [0.25, 0.3) is 5.56 Å². The molecule has 1 aromatic heterocycles. The van der Waals surface area contributed by atoms with Gasteiger partial charge in [0.05, 0.1) is 24.0 Å². The summed E-state index contributed by atoms with van der Waals surface area (Å²) >= 11 is 6.13. The van der Waals surface area contributed by atoms with E-state index in [1.807, 2.05) is 11.8 Å². The Labute approximate surface area is 201 Å². The molecule has 3 N–H and O–H groups in total. The van der Waals surface area contributed by atoms with Gasteiger partial charge in [-0.25, -0.2) is 0 Å². The van der Waals surface area contributed by atoms with Crippen molar-refractivity contribution in [3.05, 3.63) is 44.7 Å². The van der Waals surface area contributed by atoms with Crippen LogP contribution in [-0.2, 0) is 19.1 Å². The minimum absolute atomic E-state index is 0.0737. The molecule has 1 unspecified atom stereocenters. The standard InChI is InChI=1S/C23H26ClN5O5/c1-3-34-22(33)13-6-8-29(9-7-13)23-27-19-18(21(32)28-23)15(11-17(30)26-19)20(31)25-14-5-4-12(2)16(24)10-14/h4-5,10,13,15H,3,6-9,11H2,1-2H3,(H,25,31)(H2,26,27,28,30,32). The second kappa shape index (κ2) is 9.84. The van der Waals surface area contributed by atoms with Crippen molar-refractivity contribution in [3.63, 3.8) is 0 Å². The first-order valence-electron chi connectivity index (χ1n) is 11.2. The first kappa shape index (κ1) is 23.7. The molecule has 3 heterocycles. The van der Waals surface area contributed by atoms with Crippen LogP contribution in [0.3, 0.4) is 0 Å². The third-order valence-electron chi connectivity index (χ3n) is 6.11. The lowest BCUT2D eigenvalue weighted by molar-refractivity contribution is -0.148. The maximum Gasteiger partial charge on any atom is 0.309 e. The minimum Gasteiger partial charge on any atom is -0.466 e. The van der Waals surface area contributed by atoms with Crippen LogP contribution < -0.4 is 21.1 Å². The Hall–Kier alpha value is -3.40. The molecule has 0 saturated carbocycles. The molecular weight excluding hydrogens is 462 g/mol. The number of fused-ring (bicyclic) bond motifs is 1. The van der Waals surface area contributed by atoms with Crippen LogP contribution in [0.25, 0.3) is 0 Å². The number of nitrogens with one attached hydrogen (secondary N) is 3. The number of carbonyl (C=O) groups excluding carboxylic acids is 3. The van der Waals surface area contributed by atoms with E-state index in [9.17, 15) is 19.2 Å². The number of carbonyl (C=O) groups is 3. The summed E-state index contributed by atoms with van der Waals surface area (Å²) in [5.41, 5.74) is 0.954. The van der Waals surface area contributed by atoms with Gasteiger partial charge in [-0.2, -0.15) is 4.98 Å². The summed E-state index contributed by atoms with van der Waals surface area (Å²) in [6.45, 7) is 4.95. The lowest BCUT2D eigenvalue weighted by atomic mass is 9.92. The Morgan fingerprint density at radius 3 is 2.68 bits per heavy atom. The first-order chi connectivity index (χ1) is 16.3. The van der Waals surface area contributed by atoms with Crippen LogP contribution in [0.5, 0.6) is 0 Å². The second-order valence-electron chi connectivity index (χ2n) is 8.42. The number of piperidine rings is 1. The van der Waals surface area contributed by atoms with Crippen LogP contribution >= 0.6 is 11.6 Å². The molecule has 4 rings (SSSR count). The molecule has 2 amide bonds. The first-order valence-corrected chi connectivity index (χ1v) is 11.6. The fraction of sp³-hybridized carbons (Fsp3) is 0.435. The van der Waals surface area contributed by atoms with Crippen molar-refractivity contribution < 1.29 is 19.1 Å². The molecule has 2 aliphatic heterocycles. The van der Waals surface area contributed by atoms with Gasteiger partial charge in [0, 0.05) is 30.2 Å². The molecular formula is C23H26ClN5O5. The van der Waals surface area contributed by atoms with E-state index < -0.39 is 23.3 Å². The summed E-state index contributed by atoms with van der Waals surface area (Å²) in [6, 6.07) is 5.09. The van der Waals surface area contributed by atoms with Crippen molar-refractivity contribution in [2.75, 3.05) is 35.2 Å². The summed E-state index contributed by atoms with van der Waals surface area (Å²) in [5.74, 6) is -1.94. The lowest BCUT2D eigenvalue weighted by Gasteiger charge is -2.32. The van der Waals surface area contributed by atoms with Gasteiger partial charge in [-0.3, -0.25) is 24.2 Å². The molecule has 0 spiro atoms. The minimum atomic E-state index is -0.997. The molecule has 1 saturated heterocycles. The van der Waals surface area contributed by atoms with Gasteiger partial charge in [0.1, 0.15) is 5.82 Å². The van der Waals surface area contributed by atoms with E-state index in [1.54, 1.807) is 25.1 Å². The number of hydrogen-bond acceptors (Lipinski definition) is 7. The van der Waals surface area contributed by atoms with Gasteiger partial charge in [0.15, 0.2) is 0 Å². The van der Waals surface area contributed by atoms with Crippen LogP contribution in [0.15, 0.2) is 23.0 Å². The van der Waals surface area contributed by atoms with Crippen molar-refractivity contribution in [2.45, 2.75) is 39.0 Å². The number of ether oxygens (including phenoxy) is 1. The lowest BCUT2D eigenvalue weighted by Crippen LogP contribution is -2.41. The van der Waals surface area contributed by atoms with E-state index in [2.05, 4.69) is 20.6 Å². The van der Waals surface area contributed by atoms with Crippen LogP contribution in [0.2, 0.25) is 5.02 Å². The predicted octanol–water partition coefficient (Wildman–Crippen LogP) is 2.58. The highest BCUT2D eigenvalue weighted by molar-refractivity contribution is 6.31. The van der Waals surface area contributed by atoms with Crippen LogP contribution in [-0.4, -0.2) is 47.4 Å². The van der Waals surface area contributed by atoms with Crippen molar-refractivity contribution in [1.82, 2.24) is 9.97 Å². The normalized spacial score (nSPS) is 18.1. The van der Waals surface area contributed by atoms with Gasteiger partial charge in [-0.05, 0) is 44.4 Å². The number of esters is 1. The van der Waals surface area contributed by atoms with Gasteiger partial charge in [-0.1, -0.05) is 17.7 Å².